The molecule has 5 nitrogen and oxygen atoms in total. The van der Waals surface area contributed by atoms with Crippen molar-refractivity contribution in [2.45, 2.75) is 70.1 Å². The van der Waals surface area contributed by atoms with Gasteiger partial charge < -0.3 is 19.9 Å². The highest BCUT2D eigenvalue weighted by Crippen LogP contribution is 2.35. The van der Waals surface area contributed by atoms with E-state index in [2.05, 4.69) is 24.1 Å². The van der Waals surface area contributed by atoms with Crippen LogP contribution < -0.4 is 5.32 Å². The SMILES string of the molecule is CCN1CCC(NC(=O)N2CCOC3(CCCC3)C2)CC1C. The zero-order chi connectivity index (χ0) is 15.6. The van der Waals surface area contributed by atoms with Crippen LogP contribution in [0.15, 0.2) is 0 Å². The largest absolute Gasteiger partial charge is 0.371 e. The van der Waals surface area contributed by atoms with E-state index in [-0.39, 0.29) is 11.6 Å². The van der Waals surface area contributed by atoms with Gasteiger partial charge in [0.05, 0.1) is 18.8 Å². The van der Waals surface area contributed by atoms with Crippen LogP contribution in [0.25, 0.3) is 0 Å². The molecule has 2 unspecified atom stereocenters. The first kappa shape index (κ1) is 16.1. The molecule has 0 bridgehead atoms. The third kappa shape index (κ3) is 3.40. The summed E-state index contributed by atoms with van der Waals surface area (Å²) in [5.41, 5.74) is -0.0333. The number of carbonyl (C=O) groups excluding carboxylic acids is 1. The van der Waals surface area contributed by atoms with Crippen LogP contribution in [0.4, 0.5) is 4.79 Å². The first-order valence-corrected chi connectivity index (χ1v) is 9.05. The van der Waals surface area contributed by atoms with Gasteiger partial charge in [0.25, 0.3) is 0 Å². The van der Waals surface area contributed by atoms with Crippen LogP contribution in [-0.2, 0) is 4.74 Å². The Balaban J connectivity index is 1.51. The third-order valence-electron chi connectivity index (χ3n) is 5.80. The van der Waals surface area contributed by atoms with Crippen molar-refractivity contribution in [2.75, 3.05) is 32.8 Å². The van der Waals surface area contributed by atoms with Crippen molar-refractivity contribution in [3.05, 3.63) is 0 Å². The van der Waals surface area contributed by atoms with Crippen molar-refractivity contribution in [1.82, 2.24) is 15.1 Å². The molecule has 2 amide bonds. The summed E-state index contributed by atoms with van der Waals surface area (Å²) in [5, 5.41) is 3.27. The molecular formula is C17H31N3O2. The molecule has 0 aromatic rings. The zero-order valence-corrected chi connectivity index (χ0v) is 14.1. The van der Waals surface area contributed by atoms with Crippen LogP contribution in [0.3, 0.4) is 0 Å². The Morgan fingerprint density at radius 3 is 2.77 bits per heavy atom. The molecule has 0 aromatic heterocycles. The van der Waals surface area contributed by atoms with E-state index in [4.69, 9.17) is 4.74 Å². The number of carbonyl (C=O) groups is 1. The average Bonchev–Trinajstić information content (AvgIpc) is 2.95. The summed E-state index contributed by atoms with van der Waals surface area (Å²) in [4.78, 5) is 17.1. The molecule has 1 N–H and O–H groups in total. The molecule has 5 heteroatoms. The molecule has 0 aromatic carbocycles. The van der Waals surface area contributed by atoms with Gasteiger partial charge in [0.15, 0.2) is 0 Å². The standard InChI is InChI=1S/C17H31N3O2/c1-3-19-9-6-15(12-14(19)2)18-16(21)20-10-11-22-17(13-20)7-4-5-8-17/h14-15H,3-13H2,1-2H3,(H,18,21). The summed E-state index contributed by atoms with van der Waals surface area (Å²) in [6.07, 6.45) is 6.84. The minimum atomic E-state index is -0.0333. The van der Waals surface area contributed by atoms with Gasteiger partial charge >= 0.3 is 6.03 Å². The first-order chi connectivity index (χ1) is 10.6. The number of hydrogen-bond donors (Lipinski definition) is 1. The fraction of sp³-hybridized carbons (Fsp3) is 0.941. The number of nitrogens with zero attached hydrogens (tertiary/aromatic N) is 2. The van der Waals surface area contributed by atoms with Crippen molar-refractivity contribution < 1.29 is 9.53 Å². The molecule has 22 heavy (non-hydrogen) atoms. The summed E-state index contributed by atoms with van der Waals surface area (Å²) in [5.74, 6) is 0. The topological polar surface area (TPSA) is 44.8 Å². The second-order valence-corrected chi connectivity index (χ2v) is 7.31. The quantitative estimate of drug-likeness (QED) is 0.850. The molecule has 2 aliphatic heterocycles. The van der Waals surface area contributed by atoms with Gasteiger partial charge in [-0.3, -0.25) is 0 Å². The zero-order valence-electron chi connectivity index (χ0n) is 14.1. The number of likely N-dealkylation sites (tertiary alicyclic amines) is 1. The number of rotatable bonds is 2. The molecule has 3 rings (SSSR count). The number of ether oxygens (including phenoxy) is 1. The lowest BCUT2D eigenvalue weighted by Crippen LogP contribution is -2.57. The lowest BCUT2D eigenvalue weighted by atomic mass is 9.98. The summed E-state index contributed by atoms with van der Waals surface area (Å²) in [6.45, 7) is 8.88. The summed E-state index contributed by atoms with van der Waals surface area (Å²) < 4.78 is 6.01. The molecular weight excluding hydrogens is 278 g/mol. The van der Waals surface area contributed by atoms with Gasteiger partial charge in [-0.2, -0.15) is 0 Å². The van der Waals surface area contributed by atoms with Crippen LogP contribution in [0.1, 0.15) is 52.4 Å². The first-order valence-electron chi connectivity index (χ1n) is 9.05. The Hall–Kier alpha value is -0.810. The number of piperidine rings is 1. The molecule has 3 fully saturated rings. The maximum atomic E-state index is 12.6. The summed E-state index contributed by atoms with van der Waals surface area (Å²) in [7, 11) is 0. The van der Waals surface area contributed by atoms with E-state index < -0.39 is 0 Å². The lowest BCUT2D eigenvalue weighted by molar-refractivity contribution is -0.0928. The van der Waals surface area contributed by atoms with E-state index in [9.17, 15) is 4.79 Å². The molecule has 2 saturated heterocycles. The van der Waals surface area contributed by atoms with E-state index in [0.29, 0.717) is 18.7 Å². The molecule has 1 aliphatic carbocycles. The number of nitrogens with one attached hydrogen (secondary N) is 1. The molecule has 126 valence electrons. The predicted molar refractivity (Wildman–Crippen MR) is 87.0 cm³/mol. The van der Waals surface area contributed by atoms with Crippen LogP contribution >= 0.6 is 0 Å². The minimum absolute atomic E-state index is 0.0333. The highest BCUT2D eigenvalue weighted by Gasteiger charge is 2.41. The Labute approximate surface area is 134 Å². The maximum absolute atomic E-state index is 12.6. The Bertz CT molecular complexity index is 395. The van der Waals surface area contributed by atoms with Crippen molar-refractivity contribution in [3.8, 4) is 0 Å². The number of morpholine rings is 1. The highest BCUT2D eigenvalue weighted by atomic mass is 16.5. The Kier molecular flexibility index (Phi) is 4.93. The molecule has 1 saturated carbocycles. The molecule has 2 heterocycles. The molecule has 1 spiro atoms. The van der Waals surface area contributed by atoms with Gasteiger partial charge in [0.2, 0.25) is 0 Å². The molecule has 0 radical (unpaired) electrons. The highest BCUT2D eigenvalue weighted by molar-refractivity contribution is 5.74. The van der Waals surface area contributed by atoms with E-state index in [0.717, 1.165) is 51.9 Å². The number of hydrogen-bond acceptors (Lipinski definition) is 3. The maximum Gasteiger partial charge on any atom is 0.317 e. The van der Waals surface area contributed by atoms with Crippen molar-refractivity contribution in [2.24, 2.45) is 0 Å². The van der Waals surface area contributed by atoms with E-state index in [1.54, 1.807) is 0 Å². The second-order valence-electron chi connectivity index (χ2n) is 7.31. The summed E-state index contributed by atoms with van der Waals surface area (Å²) in [6, 6.07) is 1.01. The Morgan fingerprint density at radius 1 is 1.32 bits per heavy atom. The van der Waals surface area contributed by atoms with E-state index >= 15 is 0 Å². The predicted octanol–water partition coefficient (Wildman–Crippen LogP) is 2.21. The fourth-order valence-electron chi connectivity index (χ4n) is 4.43. The third-order valence-corrected chi connectivity index (χ3v) is 5.80. The minimum Gasteiger partial charge on any atom is -0.371 e. The van der Waals surface area contributed by atoms with Crippen molar-refractivity contribution in [3.63, 3.8) is 0 Å². The van der Waals surface area contributed by atoms with Gasteiger partial charge in [-0.15, -0.1) is 0 Å². The van der Waals surface area contributed by atoms with Gasteiger partial charge in [-0.05, 0) is 39.2 Å². The molecule has 2 atom stereocenters. The van der Waals surface area contributed by atoms with Crippen LogP contribution in [0.5, 0.6) is 0 Å². The Morgan fingerprint density at radius 2 is 2.09 bits per heavy atom. The van der Waals surface area contributed by atoms with Crippen LogP contribution in [0, 0.1) is 0 Å². The smallest absolute Gasteiger partial charge is 0.317 e. The van der Waals surface area contributed by atoms with Crippen LogP contribution in [-0.4, -0.2) is 66.3 Å². The molecule has 3 aliphatic rings. The number of urea groups is 1. The van der Waals surface area contributed by atoms with Crippen molar-refractivity contribution >= 4 is 6.03 Å². The van der Waals surface area contributed by atoms with Gasteiger partial charge in [-0.25, -0.2) is 4.79 Å². The monoisotopic (exact) mass is 309 g/mol. The summed E-state index contributed by atoms with van der Waals surface area (Å²) >= 11 is 0. The lowest BCUT2D eigenvalue weighted by Gasteiger charge is -2.42. The van der Waals surface area contributed by atoms with Gasteiger partial charge in [0, 0.05) is 25.2 Å². The van der Waals surface area contributed by atoms with Crippen LogP contribution in [0.2, 0.25) is 0 Å². The van der Waals surface area contributed by atoms with Gasteiger partial charge in [0.1, 0.15) is 0 Å². The van der Waals surface area contributed by atoms with Crippen molar-refractivity contribution in [1.29, 1.82) is 0 Å². The van der Waals surface area contributed by atoms with E-state index in [1.165, 1.54) is 12.8 Å². The van der Waals surface area contributed by atoms with E-state index in [1.807, 2.05) is 4.90 Å². The fourth-order valence-corrected chi connectivity index (χ4v) is 4.43. The normalized spacial score (nSPS) is 32.4. The number of amides is 2. The van der Waals surface area contributed by atoms with Gasteiger partial charge in [-0.1, -0.05) is 19.8 Å². The second kappa shape index (κ2) is 6.75. The average molecular weight is 309 g/mol.